The Morgan fingerprint density at radius 1 is 0.963 bits per heavy atom. The lowest BCUT2D eigenvalue weighted by atomic mass is 9.48. The summed E-state index contributed by atoms with van der Waals surface area (Å²) < 4.78 is 11.2. The minimum atomic E-state index is -0.432. The third-order valence-corrected chi connectivity index (χ3v) is 9.85. The first-order chi connectivity index (χ1) is 12.9. The molecule has 5 aliphatic rings. The molecule has 0 unspecified atom stereocenters. The molecule has 1 saturated heterocycles. The highest BCUT2D eigenvalue weighted by Crippen LogP contribution is 2.66. The number of fused-ring (bicyclic) bond motifs is 5. The molecule has 5 rings (SSSR count). The number of aliphatic hydroxyl groups is 1. The maximum Gasteiger partial charge on any atom is 0.293 e. The van der Waals surface area contributed by atoms with Gasteiger partial charge in [0.1, 0.15) is 0 Å². The summed E-state index contributed by atoms with van der Waals surface area (Å²) in [4.78, 5) is 11.2. The van der Waals surface area contributed by atoms with Gasteiger partial charge in [-0.1, -0.05) is 6.92 Å². The quantitative estimate of drug-likeness (QED) is 0.758. The van der Waals surface area contributed by atoms with Crippen molar-refractivity contribution in [3.8, 4) is 0 Å². The number of carbonyl (C=O) groups is 1. The third-order valence-electron chi connectivity index (χ3n) is 9.85. The summed E-state index contributed by atoms with van der Waals surface area (Å²) in [7, 11) is 0. The smallest absolute Gasteiger partial charge is 0.293 e. The molecule has 0 aromatic rings. The number of rotatable bonds is 3. The Bertz CT molecular complexity index is 597. The van der Waals surface area contributed by atoms with Crippen LogP contribution in [0.1, 0.15) is 71.6 Å². The van der Waals surface area contributed by atoms with Gasteiger partial charge in [0.2, 0.25) is 0 Å². The molecule has 0 aromatic carbocycles. The molecular weight excluding hydrogens is 340 g/mol. The third kappa shape index (κ3) is 2.65. The first-order valence-corrected chi connectivity index (χ1v) is 11.3. The molecule has 1 aliphatic heterocycles. The normalized spacial score (nSPS) is 53.4. The van der Waals surface area contributed by atoms with Gasteiger partial charge in [-0.25, -0.2) is 0 Å². The lowest BCUT2D eigenvalue weighted by Gasteiger charge is -2.59. The number of hydrogen-bond acceptors (Lipinski definition) is 4. The lowest BCUT2D eigenvalue weighted by Crippen LogP contribution is -2.61. The fourth-order valence-corrected chi connectivity index (χ4v) is 8.70. The van der Waals surface area contributed by atoms with Gasteiger partial charge in [-0.05, 0) is 99.7 Å². The standard InChI is InChI=1S/C23H36O4/c1-21(25)9-7-16-15(11-21)3-4-18-17(16)8-10-22(2)19(18)5-6-20(22)23(27-14-24)12-26-13-23/h14-20,25H,3-13H2,1-2H3/t15-,16+,17-,18-,19+,20+,21-,22+/m1/s1. The molecule has 5 fully saturated rings. The van der Waals surface area contributed by atoms with Crippen LogP contribution < -0.4 is 0 Å². The highest BCUT2D eigenvalue weighted by Gasteiger charge is 2.64. The van der Waals surface area contributed by atoms with Crippen molar-refractivity contribution in [2.45, 2.75) is 82.8 Å². The number of ether oxygens (including phenoxy) is 2. The van der Waals surface area contributed by atoms with E-state index in [1.54, 1.807) is 0 Å². The summed E-state index contributed by atoms with van der Waals surface area (Å²) in [6.07, 6.45) is 10.9. The van der Waals surface area contributed by atoms with Crippen molar-refractivity contribution in [1.29, 1.82) is 0 Å². The van der Waals surface area contributed by atoms with Gasteiger partial charge in [-0.3, -0.25) is 4.79 Å². The van der Waals surface area contributed by atoms with Gasteiger partial charge >= 0.3 is 0 Å². The fourth-order valence-electron chi connectivity index (χ4n) is 8.70. The SMILES string of the molecule is C[C@@]1(O)CC[C@H]2[C@H](CC[C@@H]3[C@@H]2CC[C@]2(C)[C@@H](C4(OC=O)COC4)CC[C@@H]32)C1. The summed E-state index contributed by atoms with van der Waals surface area (Å²) in [5, 5.41) is 10.6. The molecule has 4 aliphatic carbocycles. The minimum Gasteiger partial charge on any atom is -0.456 e. The van der Waals surface area contributed by atoms with Crippen LogP contribution in [0, 0.1) is 40.9 Å². The van der Waals surface area contributed by atoms with Crippen LogP contribution in [0.15, 0.2) is 0 Å². The van der Waals surface area contributed by atoms with Crippen molar-refractivity contribution in [3.63, 3.8) is 0 Å². The van der Waals surface area contributed by atoms with Crippen LogP contribution in [0.2, 0.25) is 0 Å². The van der Waals surface area contributed by atoms with Crippen LogP contribution in [-0.2, 0) is 14.3 Å². The van der Waals surface area contributed by atoms with Crippen LogP contribution in [-0.4, -0.2) is 36.0 Å². The highest BCUT2D eigenvalue weighted by atomic mass is 16.6. The van der Waals surface area contributed by atoms with Gasteiger partial charge in [0.15, 0.2) is 5.60 Å². The van der Waals surface area contributed by atoms with Crippen molar-refractivity contribution in [3.05, 3.63) is 0 Å². The molecule has 1 N–H and O–H groups in total. The second kappa shape index (κ2) is 6.19. The summed E-state index contributed by atoms with van der Waals surface area (Å²) in [5.41, 5.74) is -0.488. The van der Waals surface area contributed by atoms with Gasteiger partial charge in [0.25, 0.3) is 6.47 Å². The van der Waals surface area contributed by atoms with E-state index in [1.165, 1.54) is 44.9 Å². The predicted octanol–water partition coefficient (Wildman–Crippen LogP) is 3.95. The van der Waals surface area contributed by atoms with E-state index in [1.807, 2.05) is 6.92 Å². The Labute approximate surface area is 163 Å². The monoisotopic (exact) mass is 376 g/mol. The van der Waals surface area contributed by atoms with E-state index >= 15 is 0 Å². The Hall–Kier alpha value is -0.610. The molecule has 0 spiro atoms. The Morgan fingerprint density at radius 3 is 2.44 bits per heavy atom. The topological polar surface area (TPSA) is 55.8 Å². The second-order valence-electron chi connectivity index (χ2n) is 11.1. The van der Waals surface area contributed by atoms with E-state index in [0.717, 1.165) is 42.4 Å². The van der Waals surface area contributed by atoms with Crippen molar-refractivity contribution in [1.82, 2.24) is 0 Å². The molecule has 0 radical (unpaired) electrons. The van der Waals surface area contributed by atoms with E-state index in [2.05, 4.69) is 6.92 Å². The largest absolute Gasteiger partial charge is 0.456 e. The molecule has 0 amide bonds. The van der Waals surface area contributed by atoms with Crippen LogP contribution in [0.25, 0.3) is 0 Å². The Kier molecular flexibility index (Phi) is 4.22. The molecular formula is C23H36O4. The summed E-state index contributed by atoms with van der Waals surface area (Å²) in [5.74, 6) is 4.50. The molecule has 8 atom stereocenters. The van der Waals surface area contributed by atoms with Crippen LogP contribution in [0.4, 0.5) is 0 Å². The van der Waals surface area contributed by atoms with Crippen molar-refractivity contribution in [2.75, 3.05) is 13.2 Å². The van der Waals surface area contributed by atoms with Gasteiger partial charge in [0.05, 0.1) is 18.8 Å². The predicted molar refractivity (Wildman–Crippen MR) is 102 cm³/mol. The first-order valence-electron chi connectivity index (χ1n) is 11.3. The molecule has 0 bridgehead atoms. The average molecular weight is 377 g/mol. The van der Waals surface area contributed by atoms with Crippen LogP contribution in [0.3, 0.4) is 0 Å². The molecule has 27 heavy (non-hydrogen) atoms. The summed E-state index contributed by atoms with van der Waals surface area (Å²) in [6.45, 7) is 6.38. The van der Waals surface area contributed by atoms with E-state index < -0.39 is 5.60 Å². The van der Waals surface area contributed by atoms with Crippen molar-refractivity contribution in [2.24, 2.45) is 40.9 Å². The van der Waals surface area contributed by atoms with Crippen molar-refractivity contribution >= 4 is 6.47 Å². The number of hydrogen-bond donors (Lipinski definition) is 1. The van der Waals surface area contributed by atoms with E-state index in [9.17, 15) is 9.90 Å². The van der Waals surface area contributed by atoms with E-state index in [4.69, 9.17) is 9.47 Å². The van der Waals surface area contributed by atoms with E-state index in [0.29, 0.717) is 31.0 Å². The van der Waals surface area contributed by atoms with Crippen LogP contribution in [0.5, 0.6) is 0 Å². The fraction of sp³-hybridized carbons (Fsp3) is 0.957. The molecule has 0 aromatic heterocycles. The van der Waals surface area contributed by atoms with Crippen molar-refractivity contribution < 1.29 is 19.4 Å². The first kappa shape index (κ1) is 18.4. The minimum absolute atomic E-state index is 0.293. The zero-order chi connectivity index (χ0) is 18.9. The Morgan fingerprint density at radius 2 is 1.74 bits per heavy atom. The average Bonchev–Trinajstić information content (AvgIpc) is 2.94. The summed E-state index contributed by atoms with van der Waals surface area (Å²) >= 11 is 0. The van der Waals surface area contributed by atoms with Gasteiger partial charge in [-0.15, -0.1) is 0 Å². The van der Waals surface area contributed by atoms with Gasteiger partial charge < -0.3 is 14.6 Å². The zero-order valence-corrected chi connectivity index (χ0v) is 17.0. The lowest BCUT2D eigenvalue weighted by molar-refractivity contribution is -0.242. The van der Waals surface area contributed by atoms with E-state index in [-0.39, 0.29) is 5.60 Å². The number of carbonyl (C=O) groups excluding carboxylic acids is 1. The van der Waals surface area contributed by atoms with Crippen LogP contribution >= 0.6 is 0 Å². The molecule has 4 heteroatoms. The zero-order valence-electron chi connectivity index (χ0n) is 17.0. The molecule has 4 saturated carbocycles. The Balaban J connectivity index is 1.37. The molecule has 152 valence electrons. The highest BCUT2D eigenvalue weighted by molar-refractivity contribution is 5.39. The molecule has 1 heterocycles. The summed E-state index contributed by atoms with van der Waals surface area (Å²) in [6, 6.07) is 0. The molecule has 4 nitrogen and oxygen atoms in total. The van der Waals surface area contributed by atoms with Gasteiger partial charge in [0, 0.05) is 5.92 Å². The maximum atomic E-state index is 11.2. The second-order valence-corrected chi connectivity index (χ2v) is 11.1. The maximum absolute atomic E-state index is 11.2. The van der Waals surface area contributed by atoms with Gasteiger partial charge in [-0.2, -0.15) is 0 Å².